The highest BCUT2D eigenvalue weighted by Gasteiger charge is 2.04. The summed E-state index contributed by atoms with van der Waals surface area (Å²) in [5, 5.41) is 10.7. The molecule has 0 unspecified atom stereocenters. The molecule has 0 fully saturated rings. The molecule has 70 valence electrons. The van der Waals surface area contributed by atoms with Gasteiger partial charge in [-0.1, -0.05) is 11.6 Å². The summed E-state index contributed by atoms with van der Waals surface area (Å²) in [6.07, 6.45) is 0. The molecule has 0 heterocycles. The fourth-order valence-electron chi connectivity index (χ4n) is 1.20. The van der Waals surface area contributed by atoms with Gasteiger partial charge in [-0.3, -0.25) is 0 Å². The van der Waals surface area contributed by atoms with E-state index in [1.165, 1.54) is 0 Å². The lowest BCUT2D eigenvalue weighted by atomic mass is 10.1. The molecule has 0 aliphatic rings. The molecule has 0 spiro atoms. The first-order valence-corrected chi connectivity index (χ1v) is 4.23. The second-order valence-corrected chi connectivity index (χ2v) is 3.10. The molecule has 0 aromatic heterocycles. The number of anilines is 1. The van der Waals surface area contributed by atoms with Crippen molar-refractivity contribution in [3.05, 3.63) is 29.3 Å². The topological polar surface area (TPSA) is 61.9 Å². The molecule has 0 saturated carbocycles. The summed E-state index contributed by atoms with van der Waals surface area (Å²) in [5.74, 6) is 0. The number of aryl methyl sites for hydroxylation is 1. The van der Waals surface area contributed by atoms with Crippen molar-refractivity contribution >= 4 is 11.4 Å². The average Bonchev–Trinajstić information content (AvgIpc) is 2.09. The van der Waals surface area contributed by atoms with Crippen molar-refractivity contribution in [3.8, 4) is 0 Å². The maximum atomic E-state index is 7.72. The third-order valence-corrected chi connectivity index (χ3v) is 1.89. The molecule has 0 aliphatic heterocycles. The van der Waals surface area contributed by atoms with Gasteiger partial charge in [0.25, 0.3) is 0 Å². The molecule has 3 heteroatoms. The number of nitrogens with one attached hydrogen (secondary N) is 2. The van der Waals surface area contributed by atoms with Crippen LogP contribution in [-0.2, 0) is 0 Å². The minimum absolute atomic E-state index is 0.531. The van der Waals surface area contributed by atoms with E-state index in [4.69, 9.17) is 11.1 Å². The Hall–Kier alpha value is -1.35. The fraction of sp³-hybridized carbons (Fsp3) is 0.300. The lowest BCUT2D eigenvalue weighted by molar-refractivity contribution is 0.942. The Kier molecular flexibility index (Phi) is 3.03. The van der Waals surface area contributed by atoms with E-state index in [0.717, 1.165) is 11.1 Å². The Balaban J connectivity index is 2.99. The summed E-state index contributed by atoms with van der Waals surface area (Å²) in [5.41, 5.74) is 8.91. The summed E-state index contributed by atoms with van der Waals surface area (Å²) in [7, 11) is 1.82. The van der Waals surface area contributed by atoms with Crippen molar-refractivity contribution in [1.29, 1.82) is 5.41 Å². The van der Waals surface area contributed by atoms with Crippen molar-refractivity contribution < 1.29 is 0 Å². The van der Waals surface area contributed by atoms with Gasteiger partial charge in [0.05, 0.1) is 5.71 Å². The van der Waals surface area contributed by atoms with Crippen molar-refractivity contribution in [2.24, 2.45) is 0 Å². The lowest BCUT2D eigenvalue weighted by Gasteiger charge is -2.07. The maximum Gasteiger partial charge on any atom is 0.0544 e. The molecule has 13 heavy (non-hydrogen) atoms. The van der Waals surface area contributed by atoms with Crippen LogP contribution < -0.4 is 11.1 Å². The number of benzene rings is 1. The molecule has 0 aliphatic carbocycles. The summed E-state index contributed by atoms with van der Waals surface area (Å²) in [6, 6.07) is 5.73. The second kappa shape index (κ2) is 4.05. The molecule has 0 amide bonds. The molecular formula is C10H15N3. The van der Waals surface area contributed by atoms with E-state index in [9.17, 15) is 0 Å². The number of nitrogen functional groups attached to an aromatic ring is 1. The van der Waals surface area contributed by atoms with Crippen LogP contribution in [0, 0.1) is 12.3 Å². The van der Waals surface area contributed by atoms with E-state index in [1.54, 1.807) is 0 Å². The number of nitrogens with two attached hydrogens (primary N) is 1. The van der Waals surface area contributed by atoms with Crippen LogP contribution in [0.5, 0.6) is 0 Å². The zero-order chi connectivity index (χ0) is 9.84. The number of rotatable bonds is 3. The van der Waals surface area contributed by atoms with Crippen LogP contribution in [0.15, 0.2) is 18.2 Å². The minimum Gasteiger partial charge on any atom is -0.398 e. The van der Waals surface area contributed by atoms with E-state index < -0.39 is 0 Å². The summed E-state index contributed by atoms with van der Waals surface area (Å²) in [4.78, 5) is 0. The largest absolute Gasteiger partial charge is 0.398 e. The van der Waals surface area contributed by atoms with Crippen molar-refractivity contribution in [2.45, 2.75) is 6.92 Å². The lowest BCUT2D eigenvalue weighted by Crippen LogP contribution is -2.19. The van der Waals surface area contributed by atoms with Crippen LogP contribution >= 0.6 is 0 Å². The fourth-order valence-corrected chi connectivity index (χ4v) is 1.20. The van der Waals surface area contributed by atoms with Crippen LogP contribution in [0.3, 0.4) is 0 Å². The summed E-state index contributed by atoms with van der Waals surface area (Å²) >= 11 is 0. The second-order valence-electron chi connectivity index (χ2n) is 3.10. The van der Waals surface area contributed by atoms with Crippen molar-refractivity contribution in [2.75, 3.05) is 19.3 Å². The summed E-state index contributed by atoms with van der Waals surface area (Å²) in [6.45, 7) is 2.54. The molecule has 1 aromatic rings. The van der Waals surface area contributed by atoms with Crippen LogP contribution in [0.2, 0.25) is 0 Å². The third kappa shape index (κ3) is 2.29. The Morgan fingerprint density at radius 2 is 2.23 bits per heavy atom. The van der Waals surface area contributed by atoms with E-state index >= 15 is 0 Å². The Labute approximate surface area is 78.5 Å². The van der Waals surface area contributed by atoms with Crippen LogP contribution in [0.4, 0.5) is 5.69 Å². The smallest absolute Gasteiger partial charge is 0.0544 e. The molecule has 4 N–H and O–H groups in total. The molecule has 0 atom stereocenters. The van der Waals surface area contributed by atoms with Gasteiger partial charge in [-0.15, -0.1) is 0 Å². The van der Waals surface area contributed by atoms with Crippen molar-refractivity contribution in [1.82, 2.24) is 5.32 Å². The van der Waals surface area contributed by atoms with E-state index in [1.807, 2.05) is 32.2 Å². The Bertz CT molecular complexity index is 318. The molecule has 0 bridgehead atoms. The van der Waals surface area contributed by atoms with Gasteiger partial charge >= 0.3 is 0 Å². The van der Waals surface area contributed by atoms with E-state index in [-0.39, 0.29) is 0 Å². The highest BCUT2D eigenvalue weighted by molar-refractivity contribution is 6.04. The monoisotopic (exact) mass is 177 g/mol. The minimum atomic E-state index is 0.531. The number of hydrogen-bond donors (Lipinski definition) is 3. The molecule has 1 aromatic carbocycles. The first-order chi connectivity index (χ1) is 6.15. The van der Waals surface area contributed by atoms with Gasteiger partial charge in [0.15, 0.2) is 0 Å². The highest BCUT2D eigenvalue weighted by atomic mass is 14.8. The predicted molar refractivity (Wildman–Crippen MR) is 56.3 cm³/mol. The van der Waals surface area contributed by atoms with Gasteiger partial charge in [0, 0.05) is 17.8 Å². The van der Waals surface area contributed by atoms with Crippen LogP contribution in [0.1, 0.15) is 11.1 Å². The Morgan fingerprint density at radius 1 is 1.54 bits per heavy atom. The zero-order valence-corrected chi connectivity index (χ0v) is 8.02. The van der Waals surface area contributed by atoms with Crippen LogP contribution in [0.25, 0.3) is 0 Å². The molecule has 0 radical (unpaired) electrons. The first kappa shape index (κ1) is 9.74. The van der Waals surface area contributed by atoms with Crippen molar-refractivity contribution in [3.63, 3.8) is 0 Å². The van der Waals surface area contributed by atoms with Gasteiger partial charge in [-0.25, -0.2) is 0 Å². The third-order valence-electron chi connectivity index (χ3n) is 1.89. The first-order valence-electron chi connectivity index (χ1n) is 4.23. The molecule has 1 rings (SSSR count). The van der Waals surface area contributed by atoms with Gasteiger partial charge in [0.2, 0.25) is 0 Å². The molecule has 3 nitrogen and oxygen atoms in total. The Morgan fingerprint density at radius 3 is 2.85 bits per heavy atom. The predicted octanol–water partition coefficient (Wildman–Crippen LogP) is 1.16. The van der Waals surface area contributed by atoms with E-state index in [2.05, 4.69) is 5.32 Å². The molecule has 0 saturated heterocycles. The van der Waals surface area contributed by atoms with Gasteiger partial charge in [-0.05, 0) is 26.1 Å². The van der Waals surface area contributed by atoms with Crippen LogP contribution in [-0.4, -0.2) is 19.3 Å². The van der Waals surface area contributed by atoms with Gasteiger partial charge in [0.1, 0.15) is 0 Å². The average molecular weight is 177 g/mol. The number of hydrogen-bond acceptors (Lipinski definition) is 3. The number of likely N-dealkylation sites (N-methyl/N-ethyl adjacent to an activating group) is 1. The highest BCUT2D eigenvalue weighted by Crippen LogP contribution is 2.13. The standard InChI is InChI=1S/C10H15N3/c1-7-3-4-9(11)8(5-7)10(12)6-13-2/h3-5,12-13H,6,11H2,1-2H3. The summed E-state index contributed by atoms with van der Waals surface area (Å²) < 4.78 is 0. The maximum absolute atomic E-state index is 7.72. The quantitative estimate of drug-likeness (QED) is 0.479. The SMILES string of the molecule is CNCC(=N)c1cc(C)ccc1N. The molecular weight excluding hydrogens is 162 g/mol. The van der Waals surface area contributed by atoms with E-state index in [0.29, 0.717) is 17.9 Å². The van der Waals surface area contributed by atoms with Gasteiger partial charge in [-0.2, -0.15) is 0 Å². The normalized spacial score (nSPS) is 10.0. The van der Waals surface area contributed by atoms with Gasteiger partial charge < -0.3 is 16.5 Å². The zero-order valence-electron chi connectivity index (χ0n) is 8.02.